The van der Waals surface area contributed by atoms with Crippen molar-refractivity contribution < 1.29 is 9.59 Å². The first kappa shape index (κ1) is 17.0. The standard InChI is InChI=1S/C20H28N2O2/c1-3-15-9-7-8-12-18(15)22-14-16(13-19(22)23)20(24)21(2)17-10-5-4-6-11-17/h7-9,12,16-17H,3-6,10-11,13-14H2,1-2H3. The van der Waals surface area contributed by atoms with E-state index in [1.807, 2.05) is 35.0 Å². The number of carbonyl (C=O) groups is 2. The van der Waals surface area contributed by atoms with Crippen LogP contribution >= 0.6 is 0 Å². The normalized spacial score (nSPS) is 22.0. The molecule has 0 spiro atoms. The van der Waals surface area contributed by atoms with Crippen molar-refractivity contribution in [3.8, 4) is 0 Å². The van der Waals surface area contributed by atoms with Gasteiger partial charge in [-0.3, -0.25) is 9.59 Å². The van der Waals surface area contributed by atoms with E-state index >= 15 is 0 Å². The quantitative estimate of drug-likeness (QED) is 0.850. The molecule has 1 saturated carbocycles. The van der Waals surface area contributed by atoms with E-state index < -0.39 is 0 Å². The lowest BCUT2D eigenvalue weighted by Crippen LogP contribution is -2.42. The lowest BCUT2D eigenvalue weighted by atomic mass is 9.93. The van der Waals surface area contributed by atoms with Crippen LogP contribution in [0.2, 0.25) is 0 Å². The minimum absolute atomic E-state index is 0.0753. The Morgan fingerprint density at radius 1 is 1.21 bits per heavy atom. The Labute approximate surface area is 144 Å². The smallest absolute Gasteiger partial charge is 0.228 e. The maximum atomic E-state index is 12.9. The van der Waals surface area contributed by atoms with Crippen LogP contribution in [0.25, 0.3) is 0 Å². The molecule has 2 amide bonds. The van der Waals surface area contributed by atoms with Gasteiger partial charge in [-0.05, 0) is 30.9 Å². The van der Waals surface area contributed by atoms with E-state index in [9.17, 15) is 9.59 Å². The van der Waals surface area contributed by atoms with Gasteiger partial charge in [0.15, 0.2) is 0 Å². The third-order valence-corrected chi connectivity index (χ3v) is 5.61. The van der Waals surface area contributed by atoms with Crippen molar-refractivity contribution >= 4 is 17.5 Å². The van der Waals surface area contributed by atoms with Crippen molar-refractivity contribution in [3.63, 3.8) is 0 Å². The molecule has 1 aromatic rings. The number of benzene rings is 1. The minimum Gasteiger partial charge on any atom is -0.342 e. The van der Waals surface area contributed by atoms with Crippen LogP contribution in [0.5, 0.6) is 0 Å². The highest BCUT2D eigenvalue weighted by molar-refractivity contribution is 6.00. The van der Waals surface area contributed by atoms with Crippen LogP contribution in [0.4, 0.5) is 5.69 Å². The van der Waals surface area contributed by atoms with Crippen molar-refractivity contribution in [1.29, 1.82) is 0 Å². The van der Waals surface area contributed by atoms with Crippen LogP contribution in [0.15, 0.2) is 24.3 Å². The largest absolute Gasteiger partial charge is 0.342 e. The summed E-state index contributed by atoms with van der Waals surface area (Å²) >= 11 is 0. The second-order valence-electron chi connectivity index (χ2n) is 7.13. The van der Waals surface area contributed by atoms with E-state index in [1.165, 1.54) is 24.8 Å². The minimum atomic E-state index is -0.200. The Hall–Kier alpha value is -1.84. The number of para-hydroxylation sites is 1. The summed E-state index contributed by atoms with van der Waals surface area (Å²) in [6.07, 6.45) is 7.14. The summed E-state index contributed by atoms with van der Waals surface area (Å²) in [5, 5.41) is 0. The second kappa shape index (κ2) is 7.37. The summed E-state index contributed by atoms with van der Waals surface area (Å²) in [4.78, 5) is 29.1. The van der Waals surface area contributed by atoms with E-state index in [2.05, 4.69) is 13.0 Å². The molecule has 1 atom stereocenters. The molecule has 0 N–H and O–H groups in total. The Kier molecular flexibility index (Phi) is 5.22. The maximum absolute atomic E-state index is 12.9. The van der Waals surface area contributed by atoms with Crippen LogP contribution in [0.1, 0.15) is 51.0 Å². The molecule has 1 unspecified atom stereocenters. The molecule has 4 nitrogen and oxygen atoms in total. The second-order valence-corrected chi connectivity index (χ2v) is 7.13. The topological polar surface area (TPSA) is 40.6 Å². The highest BCUT2D eigenvalue weighted by Gasteiger charge is 2.38. The first-order chi connectivity index (χ1) is 11.6. The molecule has 130 valence electrons. The number of aryl methyl sites for hydroxylation is 1. The Morgan fingerprint density at radius 3 is 2.62 bits per heavy atom. The molecule has 1 saturated heterocycles. The zero-order valence-corrected chi connectivity index (χ0v) is 14.8. The van der Waals surface area contributed by atoms with Gasteiger partial charge in [0, 0.05) is 31.7 Å². The molecule has 3 rings (SSSR count). The van der Waals surface area contributed by atoms with Gasteiger partial charge in [-0.1, -0.05) is 44.4 Å². The number of rotatable bonds is 4. The van der Waals surface area contributed by atoms with Crippen LogP contribution in [0, 0.1) is 5.92 Å². The summed E-state index contributed by atoms with van der Waals surface area (Å²) in [6, 6.07) is 8.38. The molecular formula is C20H28N2O2. The van der Waals surface area contributed by atoms with Crippen molar-refractivity contribution in [3.05, 3.63) is 29.8 Å². The molecule has 1 aliphatic carbocycles. The Morgan fingerprint density at radius 2 is 1.92 bits per heavy atom. The summed E-state index contributed by atoms with van der Waals surface area (Å²) in [7, 11) is 1.92. The molecule has 0 bridgehead atoms. The molecule has 0 aromatic heterocycles. The number of hydrogen-bond acceptors (Lipinski definition) is 2. The number of anilines is 1. The van der Waals surface area contributed by atoms with Crippen LogP contribution in [-0.2, 0) is 16.0 Å². The SMILES string of the molecule is CCc1ccccc1N1CC(C(=O)N(C)C2CCCCC2)CC1=O. The molecule has 1 heterocycles. The first-order valence-electron chi connectivity index (χ1n) is 9.26. The van der Waals surface area contributed by atoms with Gasteiger partial charge in [-0.15, -0.1) is 0 Å². The molecule has 0 radical (unpaired) electrons. The van der Waals surface area contributed by atoms with Gasteiger partial charge in [0.25, 0.3) is 0 Å². The van der Waals surface area contributed by atoms with Gasteiger partial charge < -0.3 is 9.80 Å². The fraction of sp³-hybridized carbons (Fsp3) is 0.600. The van der Waals surface area contributed by atoms with Gasteiger partial charge in [-0.2, -0.15) is 0 Å². The van der Waals surface area contributed by atoms with E-state index in [4.69, 9.17) is 0 Å². The van der Waals surface area contributed by atoms with E-state index in [0.29, 0.717) is 19.0 Å². The van der Waals surface area contributed by atoms with Crippen LogP contribution in [0.3, 0.4) is 0 Å². The monoisotopic (exact) mass is 328 g/mol. The summed E-state index contributed by atoms with van der Waals surface area (Å²) < 4.78 is 0. The Bertz CT molecular complexity index is 607. The van der Waals surface area contributed by atoms with Crippen molar-refractivity contribution in [1.82, 2.24) is 4.90 Å². The summed E-state index contributed by atoms with van der Waals surface area (Å²) in [5.41, 5.74) is 2.14. The number of nitrogens with zero attached hydrogens (tertiary/aromatic N) is 2. The highest BCUT2D eigenvalue weighted by Crippen LogP contribution is 2.30. The van der Waals surface area contributed by atoms with Gasteiger partial charge >= 0.3 is 0 Å². The first-order valence-corrected chi connectivity index (χ1v) is 9.26. The lowest BCUT2D eigenvalue weighted by molar-refractivity contribution is -0.137. The van der Waals surface area contributed by atoms with Crippen LogP contribution < -0.4 is 4.90 Å². The molecule has 2 aliphatic rings. The van der Waals surface area contributed by atoms with E-state index in [-0.39, 0.29) is 17.7 Å². The Balaban J connectivity index is 1.71. The summed E-state index contributed by atoms with van der Waals surface area (Å²) in [6.45, 7) is 2.62. The zero-order valence-electron chi connectivity index (χ0n) is 14.8. The summed E-state index contributed by atoms with van der Waals surface area (Å²) in [5.74, 6) is 0.0207. The molecule has 24 heavy (non-hydrogen) atoms. The van der Waals surface area contributed by atoms with Crippen LogP contribution in [-0.4, -0.2) is 36.3 Å². The highest BCUT2D eigenvalue weighted by atomic mass is 16.2. The van der Waals surface area contributed by atoms with Gasteiger partial charge in [0.2, 0.25) is 11.8 Å². The van der Waals surface area contributed by atoms with Gasteiger partial charge in [0.05, 0.1) is 5.92 Å². The van der Waals surface area contributed by atoms with Gasteiger partial charge in [-0.25, -0.2) is 0 Å². The fourth-order valence-electron chi connectivity index (χ4n) is 4.12. The number of carbonyl (C=O) groups excluding carboxylic acids is 2. The predicted molar refractivity (Wildman–Crippen MR) is 95.9 cm³/mol. The van der Waals surface area contributed by atoms with Gasteiger partial charge in [0.1, 0.15) is 0 Å². The third kappa shape index (κ3) is 3.33. The zero-order chi connectivity index (χ0) is 17.1. The number of hydrogen-bond donors (Lipinski definition) is 0. The number of amides is 2. The molecule has 1 aliphatic heterocycles. The fourth-order valence-corrected chi connectivity index (χ4v) is 4.12. The third-order valence-electron chi connectivity index (χ3n) is 5.61. The van der Waals surface area contributed by atoms with Crippen molar-refractivity contribution in [2.45, 2.75) is 57.9 Å². The molecule has 4 heteroatoms. The molecular weight excluding hydrogens is 300 g/mol. The molecule has 2 fully saturated rings. The van der Waals surface area contributed by atoms with Crippen molar-refractivity contribution in [2.24, 2.45) is 5.92 Å². The predicted octanol–water partition coefficient (Wildman–Crippen LogP) is 3.39. The van der Waals surface area contributed by atoms with E-state index in [0.717, 1.165) is 24.9 Å². The maximum Gasteiger partial charge on any atom is 0.228 e. The average Bonchev–Trinajstić information content (AvgIpc) is 3.02. The average molecular weight is 328 g/mol. The lowest BCUT2D eigenvalue weighted by Gasteiger charge is -2.32. The van der Waals surface area contributed by atoms with Crippen molar-refractivity contribution in [2.75, 3.05) is 18.5 Å². The molecule has 1 aromatic carbocycles. The van der Waals surface area contributed by atoms with E-state index in [1.54, 1.807) is 0 Å².